The van der Waals surface area contributed by atoms with Crippen LogP contribution in [-0.4, -0.2) is 22.3 Å². The quantitative estimate of drug-likeness (QED) is 0.870. The predicted molar refractivity (Wildman–Crippen MR) is 79.6 cm³/mol. The third kappa shape index (κ3) is 2.52. The van der Waals surface area contributed by atoms with Crippen LogP contribution in [0.2, 0.25) is 5.02 Å². The number of hydrogen-bond donors (Lipinski definition) is 0. The lowest BCUT2D eigenvalue weighted by molar-refractivity contribution is 0.174. The number of anilines is 1. The second-order valence-electron chi connectivity index (χ2n) is 4.46. The second-order valence-corrected chi connectivity index (χ2v) is 6.87. The van der Waals surface area contributed by atoms with Crippen LogP contribution >= 0.6 is 11.6 Å². The summed E-state index contributed by atoms with van der Waals surface area (Å²) in [6.07, 6.45) is 0. The molecule has 5 nitrogen and oxygen atoms in total. The fraction of sp³-hybridized carbons (Fsp3) is 0.143. The standard InChI is InChI=1S/C14H12ClNO4S/c1-16(11-4-7-13-14(8-11)20-9-19-13)21(17,18)12-5-2-10(15)3-6-12/h2-8H,9H2,1H3. The van der Waals surface area contributed by atoms with Crippen LogP contribution in [0.25, 0.3) is 0 Å². The molecule has 0 saturated heterocycles. The van der Waals surface area contributed by atoms with Crippen molar-refractivity contribution in [1.29, 1.82) is 0 Å². The van der Waals surface area contributed by atoms with E-state index >= 15 is 0 Å². The van der Waals surface area contributed by atoms with Gasteiger partial charge in [-0.15, -0.1) is 0 Å². The van der Waals surface area contributed by atoms with Crippen molar-refractivity contribution in [3.05, 3.63) is 47.5 Å². The van der Waals surface area contributed by atoms with Crippen LogP contribution in [0.15, 0.2) is 47.4 Å². The molecular formula is C14H12ClNO4S. The summed E-state index contributed by atoms with van der Waals surface area (Å²) in [5.41, 5.74) is 0.495. The highest BCUT2D eigenvalue weighted by Crippen LogP contribution is 2.36. The van der Waals surface area contributed by atoms with Gasteiger partial charge in [0.15, 0.2) is 11.5 Å². The van der Waals surface area contributed by atoms with E-state index in [2.05, 4.69) is 0 Å². The third-order valence-electron chi connectivity index (χ3n) is 3.19. The second kappa shape index (κ2) is 5.13. The van der Waals surface area contributed by atoms with Gasteiger partial charge in [-0.25, -0.2) is 8.42 Å². The van der Waals surface area contributed by atoms with Crippen molar-refractivity contribution in [3.8, 4) is 11.5 Å². The summed E-state index contributed by atoms with van der Waals surface area (Å²) in [5.74, 6) is 1.14. The van der Waals surface area contributed by atoms with Crippen molar-refractivity contribution in [2.24, 2.45) is 0 Å². The van der Waals surface area contributed by atoms with Gasteiger partial charge in [0.2, 0.25) is 6.79 Å². The number of hydrogen-bond acceptors (Lipinski definition) is 4. The molecule has 110 valence electrons. The first-order valence-electron chi connectivity index (χ1n) is 6.12. The van der Waals surface area contributed by atoms with Gasteiger partial charge in [0.25, 0.3) is 10.0 Å². The van der Waals surface area contributed by atoms with Crippen LogP contribution in [0.3, 0.4) is 0 Å². The molecule has 21 heavy (non-hydrogen) atoms. The fourth-order valence-electron chi connectivity index (χ4n) is 1.98. The summed E-state index contributed by atoms with van der Waals surface area (Å²) < 4.78 is 36.8. The Morgan fingerprint density at radius 3 is 2.43 bits per heavy atom. The van der Waals surface area contributed by atoms with Crippen LogP contribution in [0.5, 0.6) is 11.5 Å². The monoisotopic (exact) mass is 325 g/mol. The molecule has 7 heteroatoms. The first kappa shape index (κ1) is 14.0. The van der Waals surface area contributed by atoms with Crippen LogP contribution in [0.4, 0.5) is 5.69 Å². The largest absolute Gasteiger partial charge is 0.454 e. The first-order chi connectivity index (χ1) is 9.98. The van der Waals surface area contributed by atoms with E-state index in [0.29, 0.717) is 22.2 Å². The average molecular weight is 326 g/mol. The Bertz CT molecular complexity index is 774. The molecule has 0 fully saturated rings. The summed E-state index contributed by atoms with van der Waals surface area (Å²) in [4.78, 5) is 0.173. The number of halogens is 1. The molecule has 1 aliphatic rings. The van der Waals surface area contributed by atoms with E-state index in [0.717, 1.165) is 0 Å². The number of fused-ring (bicyclic) bond motifs is 1. The number of rotatable bonds is 3. The van der Waals surface area contributed by atoms with E-state index in [1.807, 2.05) is 0 Å². The lowest BCUT2D eigenvalue weighted by atomic mass is 10.3. The number of nitrogens with zero attached hydrogens (tertiary/aromatic N) is 1. The Hall–Kier alpha value is -1.92. The van der Waals surface area contributed by atoms with Gasteiger partial charge >= 0.3 is 0 Å². The molecule has 0 N–H and O–H groups in total. The molecule has 2 aromatic rings. The Balaban J connectivity index is 1.97. The average Bonchev–Trinajstić information content (AvgIpc) is 2.94. The zero-order chi connectivity index (χ0) is 15.0. The smallest absolute Gasteiger partial charge is 0.264 e. The van der Waals surface area contributed by atoms with Gasteiger partial charge in [0.05, 0.1) is 10.6 Å². The van der Waals surface area contributed by atoms with Gasteiger partial charge in [-0.1, -0.05) is 11.6 Å². The Labute approximate surface area is 127 Å². The number of ether oxygens (including phenoxy) is 2. The lowest BCUT2D eigenvalue weighted by Crippen LogP contribution is -2.26. The van der Waals surface area contributed by atoms with Crippen molar-refractivity contribution in [2.75, 3.05) is 18.1 Å². The zero-order valence-corrected chi connectivity index (χ0v) is 12.7. The Morgan fingerprint density at radius 1 is 1.05 bits per heavy atom. The summed E-state index contributed by atoms with van der Waals surface area (Å²) in [5, 5.41) is 0.486. The summed E-state index contributed by atoms with van der Waals surface area (Å²) >= 11 is 5.78. The maximum absolute atomic E-state index is 12.6. The molecule has 2 aromatic carbocycles. The van der Waals surface area contributed by atoms with Crippen LogP contribution in [-0.2, 0) is 10.0 Å². The molecular weight excluding hydrogens is 314 g/mol. The molecule has 0 bridgehead atoms. The summed E-state index contributed by atoms with van der Waals surface area (Å²) in [6, 6.07) is 11.0. The SMILES string of the molecule is CN(c1ccc2c(c1)OCO2)S(=O)(=O)c1ccc(Cl)cc1. The Morgan fingerprint density at radius 2 is 1.71 bits per heavy atom. The van der Waals surface area contributed by atoms with Gasteiger partial charge in [-0.05, 0) is 36.4 Å². The summed E-state index contributed by atoms with van der Waals surface area (Å²) in [6.45, 7) is 0.145. The van der Waals surface area contributed by atoms with Crippen molar-refractivity contribution in [2.45, 2.75) is 4.90 Å². The Kier molecular flexibility index (Phi) is 3.43. The molecule has 0 atom stereocenters. The molecule has 0 aliphatic carbocycles. The maximum Gasteiger partial charge on any atom is 0.264 e. The van der Waals surface area contributed by atoms with Crippen molar-refractivity contribution >= 4 is 27.3 Å². The molecule has 3 rings (SSSR count). The normalized spacial score (nSPS) is 13.2. The molecule has 0 radical (unpaired) electrons. The zero-order valence-electron chi connectivity index (χ0n) is 11.1. The first-order valence-corrected chi connectivity index (χ1v) is 7.94. The van der Waals surface area contributed by atoms with E-state index < -0.39 is 10.0 Å². The van der Waals surface area contributed by atoms with Crippen molar-refractivity contribution in [3.63, 3.8) is 0 Å². The summed E-state index contributed by atoms with van der Waals surface area (Å²) in [7, 11) is -2.16. The topological polar surface area (TPSA) is 55.8 Å². The van der Waals surface area contributed by atoms with E-state index in [1.165, 1.54) is 23.5 Å². The third-order valence-corrected chi connectivity index (χ3v) is 5.24. The predicted octanol–water partition coefficient (Wildman–Crippen LogP) is 2.89. The number of sulfonamides is 1. The van der Waals surface area contributed by atoms with Crippen molar-refractivity contribution < 1.29 is 17.9 Å². The van der Waals surface area contributed by atoms with Crippen LogP contribution in [0.1, 0.15) is 0 Å². The van der Waals surface area contributed by atoms with Gasteiger partial charge in [0, 0.05) is 18.1 Å². The molecule has 0 amide bonds. The minimum Gasteiger partial charge on any atom is -0.454 e. The fourth-order valence-corrected chi connectivity index (χ4v) is 3.30. The molecule has 0 aromatic heterocycles. The van der Waals surface area contributed by atoms with Gasteiger partial charge < -0.3 is 9.47 Å². The minimum atomic E-state index is -3.65. The van der Waals surface area contributed by atoms with E-state index in [1.54, 1.807) is 30.3 Å². The van der Waals surface area contributed by atoms with E-state index in [4.69, 9.17) is 21.1 Å². The van der Waals surface area contributed by atoms with Gasteiger partial charge in [0.1, 0.15) is 0 Å². The molecule has 0 unspecified atom stereocenters. The highest BCUT2D eigenvalue weighted by atomic mass is 35.5. The lowest BCUT2D eigenvalue weighted by Gasteiger charge is -2.19. The van der Waals surface area contributed by atoms with E-state index in [9.17, 15) is 8.42 Å². The molecule has 0 spiro atoms. The van der Waals surface area contributed by atoms with Crippen LogP contribution < -0.4 is 13.8 Å². The molecule has 1 heterocycles. The maximum atomic E-state index is 12.6. The van der Waals surface area contributed by atoms with Gasteiger partial charge in [-0.3, -0.25) is 4.31 Å². The van der Waals surface area contributed by atoms with Crippen molar-refractivity contribution in [1.82, 2.24) is 0 Å². The van der Waals surface area contributed by atoms with Crippen LogP contribution in [0, 0.1) is 0 Å². The highest BCUT2D eigenvalue weighted by Gasteiger charge is 2.23. The minimum absolute atomic E-state index is 0.145. The highest BCUT2D eigenvalue weighted by molar-refractivity contribution is 7.92. The molecule has 1 aliphatic heterocycles. The van der Waals surface area contributed by atoms with Gasteiger partial charge in [-0.2, -0.15) is 0 Å². The molecule has 0 saturated carbocycles. The number of benzene rings is 2. The van der Waals surface area contributed by atoms with E-state index in [-0.39, 0.29) is 11.7 Å².